The summed E-state index contributed by atoms with van der Waals surface area (Å²) >= 11 is 0. The molecule has 0 aromatic heterocycles. The highest BCUT2D eigenvalue weighted by Crippen LogP contribution is 2.43. The van der Waals surface area contributed by atoms with E-state index in [1.54, 1.807) is 20.8 Å². The van der Waals surface area contributed by atoms with Gasteiger partial charge in [-0.05, 0) is 81.7 Å². The molecule has 0 saturated carbocycles. The first-order chi connectivity index (χ1) is 21.9. The molecule has 2 atom stereocenters. The lowest BCUT2D eigenvalue weighted by Crippen LogP contribution is -2.32. The number of ether oxygens (including phenoxy) is 2. The second-order valence-electron chi connectivity index (χ2n) is 13.4. The third kappa shape index (κ3) is 14.5. The van der Waals surface area contributed by atoms with Crippen molar-refractivity contribution in [1.29, 1.82) is 0 Å². The van der Waals surface area contributed by atoms with Crippen molar-refractivity contribution in [3.63, 3.8) is 0 Å². The molecule has 2 aromatic rings. The summed E-state index contributed by atoms with van der Waals surface area (Å²) in [6, 6.07) is 12.9. The number of anilines is 3. The molecule has 3 N–H and O–H groups in total. The van der Waals surface area contributed by atoms with Gasteiger partial charge in [0.05, 0.1) is 23.2 Å². The molecule has 0 fully saturated rings. The molecular formula is C34H52N3O9P. The van der Waals surface area contributed by atoms with E-state index in [1.165, 1.54) is 0 Å². The van der Waals surface area contributed by atoms with Crippen LogP contribution in [0.5, 0.6) is 0 Å². The minimum Gasteiger partial charge on any atom is -0.438 e. The summed E-state index contributed by atoms with van der Waals surface area (Å²) in [7, 11) is -4.65. The zero-order chi connectivity index (χ0) is 35.4. The Labute approximate surface area is 279 Å². The van der Waals surface area contributed by atoms with Crippen LogP contribution in [0.1, 0.15) is 85.3 Å². The maximum Gasteiger partial charge on any atom is 0.478 e. The molecule has 47 heavy (non-hydrogen) atoms. The highest BCUT2D eigenvalue weighted by molar-refractivity contribution is 7.47. The predicted molar refractivity (Wildman–Crippen MR) is 183 cm³/mol. The summed E-state index contributed by atoms with van der Waals surface area (Å²) in [4.78, 5) is 49.7. The number of carbonyl (C=O) groups excluding carboxylic acids is 3. The van der Waals surface area contributed by atoms with E-state index in [9.17, 15) is 23.8 Å². The van der Waals surface area contributed by atoms with E-state index in [2.05, 4.69) is 47.8 Å². The second-order valence-corrected chi connectivity index (χ2v) is 14.8. The number of benzene rings is 2. The number of hydrogen-bond acceptors (Lipinski definition) is 9. The summed E-state index contributed by atoms with van der Waals surface area (Å²) in [5.41, 5.74) is 3.21. The number of esters is 2. The standard InChI is InChI=1S/C34H52N3O9P/c1-10-26(18-31(38)43-21-45-47(41,42)46-22-44-32(39)34(7,8)9)27-13-16-30(37(19-23(2)3)20-24(4)5)29(17-27)36-33(40)35-28-14-11-25(6)12-15-28/h11-17,23-24,26H,10,18-22H2,1-9H3,(H,41,42)(H2,35,36,40). The Morgan fingerprint density at radius 3 is 2.00 bits per heavy atom. The molecular weight excluding hydrogens is 625 g/mol. The average Bonchev–Trinajstić information content (AvgIpc) is 2.95. The monoisotopic (exact) mass is 677 g/mol. The molecule has 12 nitrogen and oxygen atoms in total. The second kappa shape index (κ2) is 18.2. The lowest BCUT2D eigenvalue weighted by molar-refractivity contribution is -0.161. The van der Waals surface area contributed by atoms with E-state index in [1.807, 2.05) is 56.3 Å². The number of nitrogens with zero attached hydrogens (tertiary/aromatic N) is 1. The molecule has 2 rings (SSSR count). The highest BCUT2D eigenvalue weighted by Gasteiger charge is 2.27. The number of carbonyl (C=O) groups is 3. The molecule has 0 aliphatic heterocycles. The van der Waals surface area contributed by atoms with Crippen molar-refractivity contribution in [2.75, 3.05) is 42.2 Å². The number of rotatable bonds is 17. The van der Waals surface area contributed by atoms with Gasteiger partial charge in [-0.25, -0.2) is 18.4 Å². The van der Waals surface area contributed by atoms with Crippen LogP contribution in [0, 0.1) is 24.2 Å². The largest absolute Gasteiger partial charge is 0.478 e. The molecule has 2 amide bonds. The third-order valence-electron chi connectivity index (χ3n) is 6.92. The van der Waals surface area contributed by atoms with Gasteiger partial charge in [0.1, 0.15) is 0 Å². The first-order valence-corrected chi connectivity index (χ1v) is 17.4. The first kappa shape index (κ1) is 39.7. The molecule has 0 bridgehead atoms. The van der Waals surface area contributed by atoms with Crippen molar-refractivity contribution < 1.29 is 42.4 Å². The Balaban J connectivity index is 2.16. The number of hydrogen-bond donors (Lipinski definition) is 3. The maximum absolute atomic E-state index is 13.1. The molecule has 0 spiro atoms. The number of phosphoric acid groups is 1. The zero-order valence-corrected chi connectivity index (χ0v) is 30.0. The van der Waals surface area contributed by atoms with Gasteiger partial charge in [0.25, 0.3) is 0 Å². The number of urea groups is 1. The van der Waals surface area contributed by atoms with Crippen molar-refractivity contribution in [2.24, 2.45) is 17.3 Å². The number of phosphoric ester groups is 1. The Hall–Kier alpha value is -3.44. The van der Waals surface area contributed by atoms with Crippen LogP contribution >= 0.6 is 7.82 Å². The average molecular weight is 678 g/mol. The molecule has 0 aliphatic rings. The van der Waals surface area contributed by atoms with E-state index in [0.717, 1.165) is 29.9 Å². The van der Waals surface area contributed by atoms with Gasteiger partial charge in [-0.15, -0.1) is 0 Å². The minimum atomic E-state index is -4.65. The lowest BCUT2D eigenvalue weighted by Gasteiger charge is -2.31. The van der Waals surface area contributed by atoms with E-state index in [-0.39, 0.29) is 12.3 Å². The van der Waals surface area contributed by atoms with Crippen molar-refractivity contribution in [3.8, 4) is 0 Å². The molecule has 13 heteroatoms. The Bertz CT molecular complexity index is 1360. The fourth-order valence-electron chi connectivity index (χ4n) is 4.57. The summed E-state index contributed by atoms with van der Waals surface area (Å²) in [6.07, 6.45) is 0.530. The van der Waals surface area contributed by atoms with Crippen molar-refractivity contribution in [2.45, 2.75) is 81.1 Å². The van der Waals surface area contributed by atoms with E-state index >= 15 is 0 Å². The van der Waals surface area contributed by atoms with Gasteiger partial charge in [0, 0.05) is 18.8 Å². The quantitative estimate of drug-likeness (QED) is 0.0858. The zero-order valence-electron chi connectivity index (χ0n) is 29.1. The van der Waals surface area contributed by atoms with Crippen molar-refractivity contribution in [1.82, 2.24) is 0 Å². The fourth-order valence-corrected chi connectivity index (χ4v) is 5.02. The van der Waals surface area contributed by atoms with Crippen LogP contribution in [-0.2, 0) is 32.7 Å². The van der Waals surface area contributed by atoms with Gasteiger partial charge in [-0.3, -0.25) is 9.59 Å². The van der Waals surface area contributed by atoms with Gasteiger partial charge in [-0.1, -0.05) is 58.4 Å². The van der Waals surface area contributed by atoms with E-state index in [0.29, 0.717) is 29.6 Å². The van der Waals surface area contributed by atoms with Crippen LogP contribution in [0.4, 0.5) is 21.9 Å². The van der Waals surface area contributed by atoms with Crippen molar-refractivity contribution in [3.05, 3.63) is 53.6 Å². The molecule has 0 aliphatic carbocycles. The van der Waals surface area contributed by atoms with Crippen LogP contribution in [-0.4, -0.2) is 49.5 Å². The molecule has 262 valence electrons. The van der Waals surface area contributed by atoms with E-state index < -0.39 is 44.8 Å². The Kier molecular flexibility index (Phi) is 15.4. The normalized spacial score (nSPS) is 13.5. The van der Waals surface area contributed by atoms with Gasteiger partial charge >= 0.3 is 25.8 Å². The Morgan fingerprint density at radius 2 is 1.47 bits per heavy atom. The molecule has 0 radical (unpaired) electrons. The summed E-state index contributed by atoms with van der Waals surface area (Å²) < 4.78 is 31.3. The minimum absolute atomic E-state index is 0.0459. The highest BCUT2D eigenvalue weighted by atomic mass is 31.2. The maximum atomic E-state index is 13.1. The number of amides is 2. The first-order valence-electron chi connectivity index (χ1n) is 15.9. The predicted octanol–water partition coefficient (Wildman–Crippen LogP) is 7.82. The third-order valence-corrected chi connectivity index (χ3v) is 7.78. The van der Waals surface area contributed by atoms with E-state index in [4.69, 9.17) is 14.0 Å². The molecule has 2 aromatic carbocycles. The Morgan fingerprint density at radius 1 is 0.894 bits per heavy atom. The SMILES string of the molecule is CCC(CC(=O)OCOP(=O)(O)OCOC(=O)C(C)(C)C)c1ccc(N(CC(C)C)CC(C)C)c(NC(=O)Nc2ccc(C)cc2)c1. The van der Waals surface area contributed by atoms with Crippen LogP contribution < -0.4 is 15.5 Å². The van der Waals surface area contributed by atoms with Crippen LogP contribution in [0.15, 0.2) is 42.5 Å². The van der Waals surface area contributed by atoms with Crippen LogP contribution in [0.2, 0.25) is 0 Å². The smallest absolute Gasteiger partial charge is 0.438 e. The van der Waals surface area contributed by atoms with Gasteiger partial charge in [0.15, 0.2) is 0 Å². The number of aryl methyl sites for hydroxylation is 1. The molecule has 0 saturated heterocycles. The number of nitrogens with one attached hydrogen (secondary N) is 2. The van der Waals surface area contributed by atoms with Gasteiger partial charge < -0.3 is 29.9 Å². The van der Waals surface area contributed by atoms with Crippen molar-refractivity contribution >= 4 is 42.9 Å². The van der Waals surface area contributed by atoms with Crippen LogP contribution in [0.25, 0.3) is 0 Å². The van der Waals surface area contributed by atoms with Crippen LogP contribution in [0.3, 0.4) is 0 Å². The molecule has 0 heterocycles. The van der Waals surface area contributed by atoms with Gasteiger partial charge in [0.2, 0.25) is 13.6 Å². The summed E-state index contributed by atoms with van der Waals surface area (Å²) in [5, 5.41) is 5.91. The summed E-state index contributed by atoms with van der Waals surface area (Å²) in [6.45, 7) is 17.3. The lowest BCUT2D eigenvalue weighted by atomic mass is 9.92. The van der Waals surface area contributed by atoms with Gasteiger partial charge in [-0.2, -0.15) is 0 Å². The topological polar surface area (TPSA) is 153 Å². The summed E-state index contributed by atoms with van der Waals surface area (Å²) in [5.74, 6) is -0.814. The fraction of sp³-hybridized carbons (Fsp3) is 0.559. The molecule has 2 unspecified atom stereocenters.